The molecule has 2 aromatic rings. The van der Waals surface area contributed by atoms with Crippen LogP contribution < -0.4 is 16.0 Å². The molecule has 2 aromatic heterocycles. The first-order chi connectivity index (χ1) is 13.1. The largest absolute Gasteiger partial charge is 0.357 e. The van der Waals surface area contributed by atoms with Crippen molar-refractivity contribution in [1.29, 1.82) is 0 Å². The molecule has 0 spiro atoms. The number of hydrogen-bond donors (Lipinski definition) is 2. The molecule has 7 heteroatoms. The van der Waals surface area contributed by atoms with Gasteiger partial charge in [-0.1, -0.05) is 12.8 Å². The maximum atomic E-state index is 12.6. The number of carbonyl (C=O) groups is 1. The van der Waals surface area contributed by atoms with Crippen molar-refractivity contribution in [3.8, 4) is 0 Å². The minimum atomic E-state index is 0.0335. The summed E-state index contributed by atoms with van der Waals surface area (Å²) in [5.41, 5.74) is 6.77. The van der Waals surface area contributed by atoms with E-state index in [4.69, 9.17) is 10.7 Å². The molecular weight excluding hydrogens is 340 g/mol. The highest BCUT2D eigenvalue weighted by molar-refractivity contribution is 6.00. The molecule has 2 fully saturated rings. The predicted molar refractivity (Wildman–Crippen MR) is 108 cm³/mol. The highest BCUT2D eigenvalue weighted by Crippen LogP contribution is 2.28. The number of anilines is 2. The molecule has 0 atom stereocenters. The van der Waals surface area contributed by atoms with Crippen molar-refractivity contribution in [2.24, 2.45) is 18.7 Å². The molecule has 0 unspecified atom stereocenters. The van der Waals surface area contributed by atoms with Crippen LogP contribution in [-0.2, 0) is 11.8 Å². The zero-order valence-corrected chi connectivity index (χ0v) is 16.2. The van der Waals surface area contributed by atoms with E-state index in [-0.39, 0.29) is 17.9 Å². The number of nitrogens with one attached hydrogen (secondary N) is 1. The van der Waals surface area contributed by atoms with E-state index in [1.807, 2.05) is 13.1 Å². The molecule has 3 heterocycles. The minimum absolute atomic E-state index is 0.0335. The Kier molecular flexibility index (Phi) is 5.29. The first kappa shape index (κ1) is 18.2. The predicted octanol–water partition coefficient (Wildman–Crippen LogP) is 2.80. The molecule has 1 saturated heterocycles. The molecule has 3 N–H and O–H groups in total. The summed E-state index contributed by atoms with van der Waals surface area (Å²) in [4.78, 5) is 19.9. The number of aryl methyl sites for hydroxylation is 1. The van der Waals surface area contributed by atoms with E-state index in [2.05, 4.69) is 21.4 Å². The molecule has 1 amide bonds. The van der Waals surface area contributed by atoms with Crippen molar-refractivity contribution in [3.05, 3.63) is 12.1 Å². The molecule has 7 nitrogen and oxygen atoms in total. The van der Waals surface area contributed by atoms with Gasteiger partial charge in [-0.25, -0.2) is 9.67 Å². The van der Waals surface area contributed by atoms with Crippen LogP contribution in [-0.4, -0.2) is 39.8 Å². The molecule has 0 aromatic carbocycles. The summed E-state index contributed by atoms with van der Waals surface area (Å²) >= 11 is 0. The molecule has 146 valence electrons. The minimum Gasteiger partial charge on any atom is -0.357 e. The molecular formula is C20H30N6O. The van der Waals surface area contributed by atoms with Crippen molar-refractivity contribution >= 4 is 28.6 Å². The van der Waals surface area contributed by atoms with Gasteiger partial charge in [-0.2, -0.15) is 5.10 Å². The Morgan fingerprint density at radius 1 is 1.11 bits per heavy atom. The number of fused-ring (bicyclic) bond motifs is 1. The second-order valence-corrected chi connectivity index (χ2v) is 8.02. The van der Waals surface area contributed by atoms with Gasteiger partial charge in [0.05, 0.1) is 5.39 Å². The molecule has 4 rings (SSSR count). The van der Waals surface area contributed by atoms with E-state index in [0.29, 0.717) is 5.82 Å². The van der Waals surface area contributed by atoms with Crippen LogP contribution in [0.4, 0.5) is 11.6 Å². The summed E-state index contributed by atoms with van der Waals surface area (Å²) < 4.78 is 1.77. The fraction of sp³-hybridized carbons (Fsp3) is 0.650. The Labute approximate surface area is 160 Å². The van der Waals surface area contributed by atoms with Gasteiger partial charge in [-0.3, -0.25) is 4.79 Å². The Hall–Kier alpha value is -2.15. The normalized spacial score (nSPS) is 24.0. The van der Waals surface area contributed by atoms with Crippen LogP contribution in [0.15, 0.2) is 12.1 Å². The summed E-state index contributed by atoms with van der Waals surface area (Å²) in [6, 6.07) is 4.35. The SMILES string of the molecule is Cn1nc(NC(=O)C2CCC(N)CC2)c2ccc(N3CCCCCC3)nc21. The zero-order chi connectivity index (χ0) is 18.8. The first-order valence-electron chi connectivity index (χ1n) is 10.3. The van der Waals surface area contributed by atoms with Crippen LogP contribution in [0, 0.1) is 5.92 Å². The Morgan fingerprint density at radius 2 is 1.81 bits per heavy atom. The molecule has 2 aliphatic rings. The molecule has 1 aliphatic heterocycles. The van der Waals surface area contributed by atoms with Gasteiger partial charge < -0.3 is 16.0 Å². The second-order valence-electron chi connectivity index (χ2n) is 8.02. The number of carbonyl (C=O) groups excluding carboxylic acids is 1. The van der Waals surface area contributed by atoms with Gasteiger partial charge in [0, 0.05) is 32.1 Å². The van der Waals surface area contributed by atoms with Gasteiger partial charge in [-0.15, -0.1) is 0 Å². The van der Waals surface area contributed by atoms with Crippen molar-refractivity contribution in [3.63, 3.8) is 0 Å². The fourth-order valence-electron chi connectivity index (χ4n) is 4.29. The summed E-state index contributed by atoms with van der Waals surface area (Å²) in [6.45, 7) is 2.12. The third-order valence-electron chi connectivity index (χ3n) is 5.99. The monoisotopic (exact) mass is 370 g/mol. The quantitative estimate of drug-likeness (QED) is 0.867. The van der Waals surface area contributed by atoms with E-state index in [0.717, 1.165) is 55.6 Å². The van der Waals surface area contributed by atoms with Crippen LogP contribution in [0.25, 0.3) is 11.0 Å². The number of pyridine rings is 1. The van der Waals surface area contributed by atoms with Crippen LogP contribution >= 0.6 is 0 Å². The highest BCUT2D eigenvalue weighted by Gasteiger charge is 2.26. The Bertz CT molecular complexity index is 800. The lowest BCUT2D eigenvalue weighted by Crippen LogP contribution is -2.32. The Balaban J connectivity index is 1.53. The standard InChI is InChI=1S/C20H30N6O/c1-25-19-16(10-11-17(22-19)26-12-4-2-3-5-13-26)18(24-25)23-20(27)14-6-8-15(21)9-7-14/h10-11,14-15H,2-9,12-13,21H2,1H3,(H,23,24,27). The third kappa shape index (κ3) is 3.93. The Morgan fingerprint density at radius 3 is 2.52 bits per heavy atom. The van der Waals surface area contributed by atoms with Crippen molar-refractivity contribution in [1.82, 2.24) is 14.8 Å². The summed E-state index contributed by atoms with van der Waals surface area (Å²) in [5.74, 6) is 1.71. The van der Waals surface area contributed by atoms with Crippen molar-refractivity contribution in [2.45, 2.75) is 57.4 Å². The van der Waals surface area contributed by atoms with Crippen LogP contribution in [0.2, 0.25) is 0 Å². The number of rotatable bonds is 3. The lowest BCUT2D eigenvalue weighted by molar-refractivity contribution is -0.120. The maximum Gasteiger partial charge on any atom is 0.228 e. The summed E-state index contributed by atoms with van der Waals surface area (Å²) in [5, 5.41) is 8.46. The van der Waals surface area contributed by atoms with E-state index in [9.17, 15) is 4.79 Å². The number of nitrogens with zero attached hydrogens (tertiary/aromatic N) is 4. The van der Waals surface area contributed by atoms with Crippen LogP contribution in [0.3, 0.4) is 0 Å². The van der Waals surface area contributed by atoms with Crippen molar-refractivity contribution in [2.75, 3.05) is 23.3 Å². The van der Waals surface area contributed by atoms with E-state index in [1.54, 1.807) is 4.68 Å². The van der Waals surface area contributed by atoms with Gasteiger partial charge in [0.25, 0.3) is 0 Å². The van der Waals surface area contributed by atoms with Gasteiger partial charge in [0.1, 0.15) is 5.82 Å². The fourth-order valence-corrected chi connectivity index (χ4v) is 4.29. The van der Waals surface area contributed by atoms with E-state index in [1.165, 1.54) is 25.7 Å². The van der Waals surface area contributed by atoms with E-state index < -0.39 is 0 Å². The molecule has 1 aliphatic carbocycles. The van der Waals surface area contributed by atoms with Gasteiger partial charge in [0.2, 0.25) is 5.91 Å². The number of nitrogens with two attached hydrogens (primary N) is 1. The topological polar surface area (TPSA) is 89.1 Å². The summed E-state index contributed by atoms with van der Waals surface area (Å²) in [6.07, 6.45) is 8.59. The van der Waals surface area contributed by atoms with E-state index >= 15 is 0 Å². The second kappa shape index (κ2) is 7.84. The lowest BCUT2D eigenvalue weighted by Gasteiger charge is -2.24. The van der Waals surface area contributed by atoms with Crippen LogP contribution in [0.1, 0.15) is 51.4 Å². The third-order valence-corrected chi connectivity index (χ3v) is 5.99. The first-order valence-corrected chi connectivity index (χ1v) is 10.3. The number of hydrogen-bond acceptors (Lipinski definition) is 5. The summed E-state index contributed by atoms with van der Waals surface area (Å²) in [7, 11) is 1.89. The zero-order valence-electron chi connectivity index (χ0n) is 16.2. The average molecular weight is 371 g/mol. The molecule has 1 saturated carbocycles. The number of amides is 1. The highest BCUT2D eigenvalue weighted by atomic mass is 16.2. The maximum absolute atomic E-state index is 12.6. The smallest absolute Gasteiger partial charge is 0.228 e. The lowest BCUT2D eigenvalue weighted by atomic mass is 9.86. The molecule has 0 bridgehead atoms. The van der Waals surface area contributed by atoms with Gasteiger partial charge >= 0.3 is 0 Å². The van der Waals surface area contributed by atoms with Gasteiger partial charge in [0.15, 0.2) is 11.5 Å². The number of aromatic nitrogens is 3. The van der Waals surface area contributed by atoms with Crippen LogP contribution in [0.5, 0.6) is 0 Å². The van der Waals surface area contributed by atoms with Crippen molar-refractivity contribution < 1.29 is 4.79 Å². The van der Waals surface area contributed by atoms with Gasteiger partial charge in [-0.05, 0) is 50.7 Å². The molecule has 0 radical (unpaired) electrons. The molecule has 27 heavy (non-hydrogen) atoms. The average Bonchev–Trinajstić information content (AvgIpc) is 2.86.